The smallest absolute Gasteiger partial charge is 0.274 e. The molecule has 1 aromatic carbocycles. The van der Waals surface area contributed by atoms with Crippen LogP contribution in [0.3, 0.4) is 0 Å². The third-order valence-electron chi connectivity index (χ3n) is 4.52. The molecule has 2 amide bonds. The number of aryl methyl sites for hydroxylation is 1. The zero-order valence-corrected chi connectivity index (χ0v) is 14.9. The molecule has 0 bridgehead atoms. The Hall–Kier alpha value is -3.07. The van der Waals surface area contributed by atoms with Crippen LogP contribution in [-0.2, 0) is 11.3 Å². The highest BCUT2D eigenvalue weighted by Crippen LogP contribution is 2.32. The summed E-state index contributed by atoms with van der Waals surface area (Å²) in [7, 11) is 0. The maximum atomic E-state index is 13.0. The van der Waals surface area contributed by atoms with Crippen LogP contribution in [0.15, 0.2) is 24.4 Å². The van der Waals surface area contributed by atoms with E-state index in [0.717, 1.165) is 0 Å². The molecule has 0 unspecified atom stereocenters. The van der Waals surface area contributed by atoms with Gasteiger partial charge in [-0.3, -0.25) is 14.3 Å². The summed E-state index contributed by atoms with van der Waals surface area (Å²) in [6, 6.07) is 4.95. The lowest BCUT2D eigenvalue weighted by Gasteiger charge is -2.27. The number of morpholine rings is 1. The molecule has 1 saturated heterocycles. The minimum Gasteiger partial charge on any atom is -0.454 e. The number of rotatable bonds is 4. The number of nitrogens with one attached hydrogen (secondary N) is 1. The molecule has 9 nitrogen and oxygen atoms in total. The first-order valence-corrected chi connectivity index (χ1v) is 8.81. The minimum atomic E-state index is -0.347. The van der Waals surface area contributed by atoms with Gasteiger partial charge < -0.3 is 24.4 Å². The number of hydrogen-bond acceptors (Lipinski definition) is 6. The molecule has 1 fully saturated rings. The fraction of sp³-hybridized carbons (Fsp3) is 0.389. The van der Waals surface area contributed by atoms with Gasteiger partial charge in [0.15, 0.2) is 11.5 Å². The Morgan fingerprint density at radius 1 is 1.19 bits per heavy atom. The molecule has 0 radical (unpaired) electrons. The normalized spacial score (nSPS) is 15.7. The van der Waals surface area contributed by atoms with Crippen LogP contribution in [0.2, 0.25) is 0 Å². The van der Waals surface area contributed by atoms with Gasteiger partial charge in [0.25, 0.3) is 11.8 Å². The number of anilines is 1. The van der Waals surface area contributed by atoms with Crippen LogP contribution in [0.25, 0.3) is 0 Å². The monoisotopic (exact) mass is 372 g/mol. The molecule has 2 aliphatic heterocycles. The summed E-state index contributed by atoms with van der Waals surface area (Å²) in [5.74, 6) is 0.615. The summed E-state index contributed by atoms with van der Waals surface area (Å²) in [6.07, 6.45) is 1.50. The first-order chi connectivity index (χ1) is 13.2. The number of aromatic nitrogens is 2. The number of carbonyl (C=O) groups is 2. The quantitative estimate of drug-likeness (QED) is 0.871. The van der Waals surface area contributed by atoms with E-state index >= 15 is 0 Å². The van der Waals surface area contributed by atoms with Crippen molar-refractivity contribution in [2.45, 2.75) is 13.5 Å². The van der Waals surface area contributed by atoms with Gasteiger partial charge in [-0.25, -0.2) is 0 Å². The molecule has 0 spiro atoms. The summed E-state index contributed by atoms with van der Waals surface area (Å²) in [5.41, 5.74) is 1.16. The lowest BCUT2D eigenvalue weighted by molar-refractivity contribution is 0.0295. The number of hydrogen-bond donors (Lipinski definition) is 1. The molecule has 1 aromatic heterocycles. The first-order valence-electron chi connectivity index (χ1n) is 8.81. The molecule has 9 heteroatoms. The fourth-order valence-electron chi connectivity index (χ4n) is 3.09. The zero-order valence-electron chi connectivity index (χ0n) is 14.9. The Morgan fingerprint density at radius 2 is 1.96 bits per heavy atom. The van der Waals surface area contributed by atoms with Crippen molar-refractivity contribution in [3.05, 3.63) is 35.7 Å². The minimum absolute atomic E-state index is 0.141. The number of amides is 2. The Bertz CT molecular complexity index is 873. The summed E-state index contributed by atoms with van der Waals surface area (Å²) >= 11 is 0. The first kappa shape index (κ1) is 17.3. The van der Waals surface area contributed by atoms with E-state index in [2.05, 4.69) is 10.4 Å². The van der Waals surface area contributed by atoms with E-state index < -0.39 is 0 Å². The predicted octanol–water partition coefficient (Wildman–Crippen LogP) is 1.36. The van der Waals surface area contributed by atoms with Crippen LogP contribution < -0.4 is 14.8 Å². The van der Waals surface area contributed by atoms with E-state index in [9.17, 15) is 9.59 Å². The standard InChI is InChI=1S/C18H20N4O5/c1-2-22-16(18(24)21-5-7-25-8-6-21)13(10-19-22)20-17(23)12-3-4-14-15(9-12)27-11-26-14/h3-4,9-10H,2,5-8,11H2,1H3,(H,20,23). The van der Waals surface area contributed by atoms with Crippen molar-refractivity contribution in [1.82, 2.24) is 14.7 Å². The van der Waals surface area contributed by atoms with Gasteiger partial charge in [-0.15, -0.1) is 0 Å². The summed E-state index contributed by atoms with van der Waals surface area (Å²) in [6.45, 7) is 4.60. The Morgan fingerprint density at radius 3 is 2.74 bits per heavy atom. The summed E-state index contributed by atoms with van der Waals surface area (Å²) in [4.78, 5) is 27.3. The van der Waals surface area contributed by atoms with Gasteiger partial charge in [0.2, 0.25) is 6.79 Å². The molecule has 2 aromatic rings. The third-order valence-corrected chi connectivity index (χ3v) is 4.52. The Labute approximate surface area is 155 Å². The molecule has 2 aliphatic rings. The molecular formula is C18H20N4O5. The summed E-state index contributed by atoms with van der Waals surface area (Å²) < 4.78 is 17.5. The van der Waals surface area contributed by atoms with E-state index in [1.165, 1.54) is 6.20 Å². The van der Waals surface area contributed by atoms with Crippen LogP contribution >= 0.6 is 0 Å². The number of carbonyl (C=O) groups excluding carboxylic acids is 2. The maximum Gasteiger partial charge on any atom is 0.274 e. The molecule has 0 atom stereocenters. The highest BCUT2D eigenvalue weighted by Gasteiger charge is 2.26. The van der Waals surface area contributed by atoms with Crippen molar-refractivity contribution >= 4 is 17.5 Å². The van der Waals surface area contributed by atoms with Crippen molar-refractivity contribution in [3.63, 3.8) is 0 Å². The van der Waals surface area contributed by atoms with Crippen molar-refractivity contribution in [3.8, 4) is 11.5 Å². The van der Waals surface area contributed by atoms with Crippen LogP contribution in [-0.4, -0.2) is 59.6 Å². The van der Waals surface area contributed by atoms with E-state index in [-0.39, 0.29) is 18.6 Å². The predicted molar refractivity (Wildman–Crippen MR) is 95.1 cm³/mol. The highest BCUT2D eigenvalue weighted by molar-refractivity contribution is 6.08. The average molecular weight is 372 g/mol. The molecule has 0 saturated carbocycles. The highest BCUT2D eigenvalue weighted by atomic mass is 16.7. The molecule has 142 valence electrons. The van der Waals surface area contributed by atoms with Crippen LogP contribution in [0.5, 0.6) is 11.5 Å². The zero-order chi connectivity index (χ0) is 18.8. The fourth-order valence-corrected chi connectivity index (χ4v) is 3.09. The Balaban J connectivity index is 1.57. The van der Waals surface area contributed by atoms with Crippen LogP contribution in [0.4, 0.5) is 5.69 Å². The SMILES string of the molecule is CCn1ncc(NC(=O)c2ccc3c(c2)OCO3)c1C(=O)N1CCOCC1. The number of fused-ring (bicyclic) bond motifs is 1. The number of benzene rings is 1. The second-order valence-corrected chi connectivity index (χ2v) is 6.15. The lowest BCUT2D eigenvalue weighted by atomic mass is 10.2. The number of nitrogens with zero attached hydrogens (tertiary/aromatic N) is 3. The molecule has 27 heavy (non-hydrogen) atoms. The van der Waals surface area contributed by atoms with Gasteiger partial charge in [-0.2, -0.15) is 5.10 Å². The van der Waals surface area contributed by atoms with Crippen molar-refractivity contribution in [2.24, 2.45) is 0 Å². The lowest BCUT2D eigenvalue weighted by Crippen LogP contribution is -2.41. The van der Waals surface area contributed by atoms with E-state index in [0.29, 0.717) is 61.3 Å². The van der Waals surface area contributed by atoms with Crippen molar-refractivity contribution in [2.75, 3.05) is 38.4 Å². The van der Waals surface area contributed by atoms with Crippen molar-refractivity contribution in [1.29, 1.82) is 0 Å². The van der Waals surface area contributed by atoms with E-state index in [4.69, 9.17) is 14.2 Å². The molecular weight excluding hydrogens is 352 g/mol. The van der Waals surface area contributed by atoms with Gasteiger partial charge in [0.05, 0.1) is 25.1 Å². The molecule has 0 aliphatic carbocycles. The van der Waals surface area contributed by atoms with E-state index in [1.807, 2.05) is 6.92 Å². The summed E-state index contributed by atoms with van der Waals surface area (Å²) in [5, 5.41) is 7.03. The molecule has 1 N–H and O–H groups in total. The third kappa shape index (κ3) is 3.33. The molecule has 4 rings (SSSR count). The van der Waals surface area contributed by atoms with Crippen LogP contribution in [0, 0.1) is 0 Å². The second-order valence-electron chi connectivity index (χ2n) is 6.15. The van der Waals surface area contributed by atoms with Gasteiger partial charge in [0.1, 0.15) is 5.69 Å². The van der Waals surface area contributed by atoms with Gasteiger partial charge in [-0.1, -0.05) is 0 Å². The Kier molecular flexibility index (Phi) is 4.68. The average Bonchev–Trinajstić information content (AvgIpc) is 3.33. The van der Waals surface area contributed by atoms with E-state index in [1.54, 1.807) is 27.8 Å². The second kappa shape index (κ2) is 7.28. The van der Waals surface area contributed by atoms with Gasteiger partial charge >= 0.3 is 0 Å². The number of ether oxygens (including phenoxy) is 3. The van der Waals surface area contributed by atoms with Gasteiger partial charge in [-0.05, 0) is 25.1 Å². The van der Waals surface area contributed by atoms with Crippen molar-refractivity contribution < 1.29 is 23.8 Å². The maximum absolute atomic E-state index is 13.0. The topological polar surface area (TPSA) is 94.9 Å². The largest absolute Gasteiger partial charge is 0.454 e. The van der Waals surface area contributed by atoms with Gasteiger partial charge in [0, 0.05) is 25.2 Å². The molecule has 3 heterocycles. The van der Waals surface area contributed by atoms with Crippen LogP contribution in [0.1, 0.15) is 27.8 Å².